The molecule has 33 heavy (non-hydrogen) atoms. The molecule has 1 aliphatic rings. The number of halogens is 3. The normalized spacial score (nSPS) is 16.2. The first-order valence-electron chi connectivity index (χ1n) is 10.3. The quantitative estimate of drug-likeness (QED) is 0.614. The summed E-state index contributed by atoms with van der Waals surface area (Å²) in [6, 6.07) is 12.7. The first-order valence-corrected chi connectivity index (χ1v) is 11.8. The summed E-state index contributed by atoms with van der Waals surface area (Å²) in [5, 5.41) is 2.52. The summed E-state index contributed by atoms with van der Waals surface area (Å²) in [4.78, 5) is 12.5. The van der Waals surface area contributed by atoms with Crippen LogP contribution in [-0.2, 0) is 19.6 Å². The maximum absolute atomic E-state index is 13.0. The minimum absolute atomic E-state index is 0.0448. The largest absolute Gasteiger partial charge is 0.482 e. The van der Waals surface area contributed by atoms with Crippen molar-refractivity contribution in [1.82, 2.24) is 4.31 Å². The number of carbonyl (C=O) groups excluding carboxylic acids is 1. The van der Waals surface area contributed by atoms with E-state index in [1.165, 1.54) is 10.4 Å². The molecule has 1 atom stereocenters. The minimum Gasteiger partial charge on any atom is -0.482 e. The predicted octanol–water partition coefficient (Wildman–Crippen LogP) is 3.78. The molecule has 11 heteroatoms. The van der Waals surface area contributed by atoms with Crippen LogP contribution >= 0.6 is 0 Å². The van der Waals surface area contributed by atoms with Crippen molar-refractivity contribution in [3.63, 3.8) is 0 Å². The molecule has 0 aromatic heterocycles. The molecule has 180 valence electrons. The van der Waals surface area contributed by atoms with Crippen LogP contribution in [0.25, 0.3) is 0 Å². The molecule has 0 bridgehead atoms. The smallest absolute Gasteiger partial charge is 0.422 e. The lowest BCUT2D eigenvalue weighted by atomic mass is 9.97. The van der Waals surface area contributed by atoms with Gasteiger partial charge in [-0.05, 0) is 29.7 Å². The second-order valence-electron chi connectivity index (χ2n) is 7.64. The van der Waals surface area contributed by atoms with Gasteiger partial charge in [0, 0.05) is 19.5 Å². The van der Waals surface area contributed by atoms with E-state index >= 15 is 0 Å². The third-order valence-electron chi connectivity index (χ3n) is 5.08. The summed E-state index contributed by atoms with van der Waals surface area (Å²) in [7, 11) is -3.92. The van der Waals surface area contributed by atoms with Gasteiger partial charge >= 0.3 is 6.18 Å². The van der Waals surface area contributed by atoms with Crippen molar-refractivity contribution >= 4 is 21.6 Å². The Hall–Kier alpha value is -2.63. The van der Waals surface area contributed by atoms with E-state index in [0.29, 0.717) is 0 Å². The average Bonchev–Trinajstić information content (AvgIpc) is 2.78. The van der Waals surface area contributed by atoms with Crippen LogP contribution in [0.15, 0.2) is 53.4 Å². The van der Waals surface area contributed by atoms with E-state index in [9.17, 15) is 26.4 Å². The molecule has 0 spiro atoms. The number of hydrogen-bond donors (Lipinski definition) is 1. The lowest BCUT2D eigenvalue weighted by molar-refractivity contribution is -0.153. The van der Waals surface area contributed by atoms with Crippen molar-refractivity contribution < 1.29 is 35.9 Å². The minimum atomic E-state index is -4.60. The highest BCUT2D eigenvalue weighted by molar-refractivity contribution is 7.89. The third kappa shape index (κ3) is 6.92. The van der Waals surface area contributed by atoms with Crippen molar-refractivity contribution in [3.8, 4) is 5.75 Å². The lowest BCUT2D eigenvalue weighted by Crippen LogP contribution is -2.40. The van der Waals surface area contributed by atoms with Crippen LogP contribution in [0.4, 0.5) is 18.9 Å². The van der Waals surface area contributed by atoms with Gasteiger partial charge in [0.1, 0.15) is 5.75 Å². The number of carbonyl (C=O) groups is 1. The fourth-order valence-corrected chi connectivity index (χ4v) is 4.80. The Morgan fingerprint density at radius 1 is 1.15 bits per heavy atom. The van der Waals surface area contributed by atoms with Crippen molar-refractivity contribution in [3.05, 3.63) is 54.1 Å². The molecule has 1 aliphatic heterocycles. The molecule has 0 saturated carbocycles. The fraction of sp³-hybridized carbons (Fsp3) is 0.409. The van der Waals surface area contributed by atoms with E-state index in [2.05, 4.69) is 5.32 Å². The maximum atomic E-state index is 13.0. The second-order valence-corrected chi connectivity index (χ2v) is 9.58. The monoisotopic (exact) mass is 486 g/mol. The summed E-state index contributed by atoms with van der Waals surface area (Å²) in [5.74, 6) is -0.913. The number of benzene rings is 2. The number of ether oxygens (including phenoxy) is 2. The summed E-state index contributed by atoms with van der Waals surface area (Å²) in [6.45, 7) is 1.07. The van der Waals surface area contributed by atoms with Crippen LogP contribution in [0.1, 0.15) is 24.8 Å². The standard InChI is InChI=1S/C22H25F3N2O5S/c1-16(17-5-3-2-4-6-17)13-21(28)26-19-14-18(7-8-20(19)32-15-22(23,24)25)33(29,30)27-9-11-31-12-10-27/h2-8,14,16H,9-13,15H2,1H3,(H,26,28)/t16-/m1/s1. The Kier molecular flexibility index (Phi) is 7.98. The van der Waals surface area contributed by atoms with E-state index < -0.39 is 28.7 Å². The van der Waals surface area contributed by atoms with Gasteiger partial charge in [0.15, 0.2) is 6.61 Å². The number of nitrogens with zero attached hydrogens (tertiary/aromatic N) is 1. The number of morpholine rings is 1. The molecule has 7 nitrogen and oxygen atoms in total. The Morgan fingerprint density at radius 3 is 2.45 bits per heavy atom. The molecule has 0 unspecified atom stereocenters. The summed E-state index contributed by atoms with van der Waals surface area (Å²) < 4.78 is 75.2. The van der Waals surface area contributed by atoms with E-state index in [4.69, 9.17) is 9.47 Å². The lowest BCUT2D eigenvalue weighted by Gasteiger charge is -2.26. The second kappa shape index (κ2) is 10.5. The van der Waals surface area contributed by atoms with Gasteiger partial charge in [-0.15, -0.1) is 0 Å². The highest BCUT2D eigenvalue weighted by atomic mass is 32.2. The molecule has 1 N–H and O–H groups in total. The number of amides is 1. The van der Waals surface area contributed by atoms with Gasteiger partial charge in [0.2, 0.25) is 15.9 Å². The van der Waals surface area contributed by atoms with Gasteiger partial charge in [0.25, 0.3) is 0 Å². The van der Waals surface area contributed by atoms with Crippen molar-refractivity contribution in [2.24, 2.45) is 0 Å². The maximum Gasteiger partial charge on any atom is 0.422 e. The predicted molar refractivity (Wildman–Crippen MR) is 116 cm³/mol. The molecular formula is C22H25F3N2O5S. The Morgan fingerprint density at radius 2 is 1.82 bits per heavy atom. The summed E-state index contributed by atoms with van der Waals surface area (Å²) in [5.41, 5.74) is 0.781. The molecule has 1 fully saturated rings. The Labute approximate surface area is 190 Å². The topological polar surface area (TPSA) is 84.9 Å². The molecule has 1 heterocycles. The summed E-state index contributed by atoms with van der Waals surface area (Å²) >= 11 is 0. The van der Waals surface area contributed by atoms with E-state index in [0.717, 1.165) is 17.7 Å². The van der Waals surface area contributed by atoms with Gasteiger partial charge in [-0.2, -0.15) is 17.5 Å². The average molecular weight is 487 g/mol. The number of hydrogen-bond acceptors (Lipinski definition) is 5. The third-order valence-corrected chi connectivity index (χ3v) is 6.98. The zero-order valence-corrected chi connectivity index (χ0v) is 18.8. The Bertz CT molecular complexity index is 1060. The highest BCUT2D eigenvalue weighted by Crippen LogP contribution is 2.31. The molecule has 1 saturated heterocycles. The van der Waals surface area contributed by atoms with E-state index in [1.807, 2.05) is 37.3 Å². The molecule has 2 aromatic carbocycles. The first kappa shape index (κ1) is 25.0. The number of anilines is 1. The zero-order valence-electron chi connectivity index (χ0n) is 18.0. The van der Waals surface area contributed by atoms with Gasteiger partial charge in [0.05, 0.1) is 23.8 Å². The van der Waals surface area contributed by atoms with Crippen LogP contribution in [0, 0.1) is 0 Å². The number of sulfonamides is 1. The van der Waals surface area contributed by atoms with Crippen LogP contribution in [0.5, 0.6) is 5.75 Å². The molecule has 3 rings (SSSR count). The Balaban J connectivity index is 1.83. The van der Waals surface area contributed by atoms with Crippen molar-refractivity contribution in [2.75, 3.05) is 38.2 Å². The van der Waals surface area contributed by atoms with Crippen molar-refractivity contribution in [1.29, 1.82) is 0 Å². The van der Waals surface area contributed by atoms with Gasteiger partial charge in [-0.25, -0.2) is 8.42 Å². The van der Waals surface area contributed by atoms with Gasteiger partial charge in [-0.1, -0.05) is 37.3 Å². The van der Waals surface area contributed by atoms with E-state index in [1.54, 1.807) is 0 Å². The summed E-state index contributed by atoms with van der Waals surface area (Å²) in [6.07, 6.45) is -4.55. The number of rotatable bonds is 8. The van der Waals surface area contributed by atoms with Crippen molar-refractivity contribution in [2.45, 2.75) is 30.3 Å². The molecule has 0 radical (unpaired) electrons. The zero-order chi connectivity index (χ0) is 24.1. The van der Waals surface area contributed by atoms with Crippen LogP contribution in [0.3, 0.4) is 0 Å². The number of nitrogens with one attached hydrogen (secondary N) is 1. The molecule has 2 aromatic rings. The van der Waals surface area contributed by atoms with Gasteiger partial charge < -0.3 is 14.8 Å². The molecule has 0 aliphatic carbocycles. The van der Waals surface area contributed by atoms with E-state index in [-0.39, 0.29) is 55.0 Å². The first-order chi connectivity index (χ1) is 15.6. The molecular weight excluding hydrogens is 461 g/mol. The van der Waals surface area contributed by atoms with Crippen LogP contribution < -0.4 is 10.1 Å². The molecule has 1 amide bonds. The number of alkyl halides is 3. The van der Waals surface area contributed by atoms with Crippen LogP contribution in [-0.4, -0.2) is 57.7 Å². The highest BCUT2D eigenvalue weighted by Gasteiger charge is 2.30. The van der Waals surface area contributed by atoms with Gasteiger partial charge in [-0.3, -0.25) is 4.79 Å². The van der Waals surface area contributed by atoms with Crippen LogP contribution in [0.2, 0.25) is 0 Å². The SMILES string of the molecule is C[C@H](CC(=O)Nc1cc(S(=O)(=O)N2CCOCC2)ccc1OCC(F)(F)F)c1ccccc1. The fourth-order valence-electron chi connectivity index (χ4n) is 3.37.